The zero-order valence-electron chi connectivity index (χ0n) is 10.8. The third-order valence-corrected chi connectivity index (χ3v) is 3.23. The Morgan fingerprint density at radius 2 is 2.05 bits per heavy atom. The Bertz CT molecular complexity index is 545. The maximum Gasteiger partial charge on any atom is 0.226 e. The zero-order chi connectivity index (χ0) is 13.0. The van der Waals surface area contributed by atoms with E-state index in [0.717, 1.165) is 9.88 Å². The molecule has 1 amide bonds. The highest BCUT2D eigenvalue weighted by molar-refractivity contribution is 7.11. The highest BCUT2D eigenvalue weighted by Gasteiger charge is 2.05. The molecule has 110 valence electrons. The summed E-state index contributed by atoms with van der Waals surface area (Å²) >= 11 is 1.58. The van der Waals surface area contributed by atoms with E-state index >= 15 is 0 Å². The van der Waals surface area contributed by atoms with Crippen LogP contribution in [0.15, 0.2) is 24.5 Å². The minimum Gasteiger partial charge on any atom is -0.397 e. The molecule has 0 aromatic carbocycles. The lowest BCUT2D eigenvalue weighted by atomic mass is 10.2. The molecule has 0 fully saturated rings. The smallest absolute Gasteiger partial charge is 0.226 e. The van der Waals surface area contributed by atoms with Gasteiger partial charge < -0.3 is 11.1 Å². The minimum absolute atomic E-state index is 0. The first-order chi connectivity index (χ1) is 8.63. The van der Waals surface area contributed by atoms with Gasteiger partial charge in [-0.1, -0.05) is 0 Å². The summed E-state index contributed by atoms with van der Waals surface area (Å²) < 4.78 is 0. The standard InChI is InChI=1S/C12H14N4OS.2ClH/c1-8-14-6-11(18-8)7-16-12(17)4-10-3-2-9(13)5-15-10;;/h2-3,5-6H,4,7,13H2,1H3,(H,16,17);2*1H. The molecule has 5 nitrogen and oxygen atoms in total. The average molecular weight is 335 g/mol. The Balaban J connectivity index is 0.00000180. The van der Waals surface area contributed by atoms with E-state index in [-0.39, 0.29) is 37.1 Å². The van der Waals surface area contributed by atoms with E-state index in [1.165, 1.54) is 0 Å². The molecule has 0 aliphatic rings. The number of nitrogens with one attached hydrogen (secondary N) is 1. The molecule has 0 spiro atoms. The first-order valence-corrected chi connectivity index (χ1v) is 6.33. The van der Waals surface area contributed by atoms with E-state index in [9.17, 15) is 4.79 Å². The predicted octanol–water partition coefficient (Wildman–Crippen LogP) is 2.13. The van der Waals surface area contributed by atoms with Crippen LogP contribution in [0.2, 0.25) is 0 Å². The van der Waals surface area contributed by atoms with E-state index < -0.39 is 0 Å². The number of nitrogens with two attached hydrogens (primary N) is 1. The van der Waals surface area contributed by atoms with Crippen molar-refractivity contribution < 1.29 is 4.79 Å². The number of rotatable bonds is 4. The number of aryl methyl sites for hydroxylation is 1. The van der Waals surface area contributed by atoms with Crippen molar-refractivity contribution in [1.29, 1.82) is 0 Å². The van der Waals surface area contributed by atoms with Gasteiger partial charge >= 0.3 is 0 Å². The summed E-state index contributed by atoms with van der Waals surface area (Å²) in [4.78, 5) is 20.9. The molecule has 0 aliphatic heterocycles. The number of nitrogen functional groups attached to an aromatic ring is 1. The largest absolute Gasteiger partial charge is 0.397 e. The number of aromatic nitrogens is 2. The summed E-state index contributed by atoms with van der Waals surface area (Å²) in [6.07, 6.45) is 3.59. The van der Waals surface area contributed by atoms with E-state index in [1.807, 2.05) is 6.92 Å². The van der Waals surface area contributed by atoms with Crippen LogP contribution in [0, 0.1) is 6.92 Å². The Labute approximate surface area is 133 Å². The SMILES string of the molecule is Cc1ncc(CNC(=O)Cc2ccc(N)cn2)s1.Cl.Cl. The predicted molar refractivity (Wildman–Crippen MR) is 85.5 cm³/mol. The minimum atomic E-state index is -0.0571. The monoisotopic (exact) mass is 334 g/mol. The lowest BCUT2D eigenvalue weighted by Gasteiger charge is -2.03. The Kier molecular flexibility index (Phi) is 8.13. The van der Waals surface area contributed by atoms with Crippen LogP contribution in [0.5, 0.6) is 0 Å². The van der Waals surface area contributed by atoms with Crippen molar-refractivity contribution in [3.63, 3.8) is 0 Å². The van der Waals surface area contributed by atoms with Crippen LogP contribution in [0.1, 0.15) is 15.6 Å². The number of hydrogen-bond acceptors (Lipinski definition) is 5. The van der Waals surface area contributed by atoms with Gasteiger partial charge in [0.25, 0.3) is 0 Å². The number of nitrogens with zero attached hydrogens (tertiary/aromatic N) is 2. The van der Waals surface area contributed by atoms with Crippen LogP contribution in [-0.4, -0.2) is 15.9 Å². The third kappa shape index (κ3) is 5.73. The number of halogens is 2. The van der Waals surface area contributed by atoms with Crippen LogP contribution in [0.3, 0.4) is 0 Å². The average Bonchev–Trinajstić information content (AvgIpc) is 2.76. The van der Waals surface area contributed by atoms with Crippen LogP contribution < -0.4 is 11.1 Å². The van der Waals surface area contributed by atoms with Gasteiger partial charge in [0.1, 0.15) is 0 Å². The maximum atomic E-state index is 11.7. The molecule has 0 bridgehead atoms. The van der Waals surface area contributed by atoms with E-state index in [4.69, 9.17) is 5.73 Å². The summed E-state index contributed by atoms with van der Waals surface area (Å²) in [7, 11) is 0. The molecular weight excluding hydrogens is 319 g/mol. The fourth-order valence-electron chi connectivity index (χ4n) is 1.44. The molecule has 0 radical (unpaired) electrons. The highest BCUT2D eigenvalue weighted by atomic mass is 35.5. The van der Waals surface area contributed by atoms with Gasteiger partial charge in [-0.3, -0.25) is 9.78 Å². The molecule has 0 unspecified atom stereocenters. The van der Waals surface area contributed by atoms with Gasteiger partial charge in [0, 0.05) is 16.8 Å². The number of thiazole rings is 1. The van der Waals surface area contributed by atoms with Crippen LogP contribution in [0.25, 0.3) is 0 Å². The van der Waals surface area contributed by atoms with E-state index in [0.29, 0.717) is 17.9 Å². The van der Waals surface area contributed by atoms with Gasteiger partial charge in [0.15, 0.2) is 0 Å². The molecular formula is C12H16Cl2N4OS. The van der Waals surface area contributed by atoms with Gasteiger partial charge in [-0.25, -0.2) is 4.98 Å². The Hall–Kier alpha value is -1.37. The number of carbonyl (C=O) groups excluding carboxylic acids is 1. The summed E-state index contributed by atoms with van der Waals surface area (Å²) in [6, 6.07) is 3.49. The molecule has 2 aromatic heterocycles. The topological polar surface area (TPSA) is 80.9 Å². The highest BCUT2D eigenvalue weighted by Crippen LogP contribution is 2.10. The number of hydrogen-bond donors (Lipinski definition) is 2. The second-order valence-electron chi connectivity index (χ2n) is 3.88. The molecule has 2 rings (SSSR count). The first kappa shape index (κ1) is 18.6. The van der Waals surface area contributed by atoms with Gasteiger partial charge in [-0.05, 0) is 19.1 Å². The Morgan fingerprint density at radius 1 is 1.30 bits per heavy atom. The van der Waals surface area contributed by atoms with Crippen LogP contribution >= 0.6 is 36.2 Å². The van der Waals surface area contributed by atoms with Crippen molar-refractivity contribution in [3.8, 4) is 0 Å². The van der Waals surface area contributed by atoms with Gasteiger partial charge in [0.2, 0.25) is 5.91 Å². The van der Waals surface area contributed by atoms with Gasteiger partial charge in [-0.2, -0.15) is 0 Å². The fraction of sp³-hybridized carbons (Fsp3) is 0.250. The second-order valence-corrected chi connectivity index (χ2v) is 5.20. The molecule has 0 atom stereocenters. The fourth-order valence-corrected chi connectivity index (χ4v) is 2.17. The number of amides is 1. The number of anilines is 1. The van der Waals surface area contributed by atoms with E-state index in [1.54, 1.807) is 35.9 Å². The molecule has 8 heteroatoms. The van der Waals surface area contributed by atoms with Crippen molar-refractivity contribution in [1.82, 2.24) is 15.3 Å². The first-order valence-electron chi connectivity index (χ1n) is 5.52. The lowest BCUT2D eigenvalue weighted by molar-refractivity contribution is -0.120. The molecule has 2 aromatic rings. The molecule has 0 saturated carbocycles. The molecule has 3 N–H and O–H groups in total. The Morgan fingerprint density at radius 3 is 2.60 bits per heavy atom. The molecule has 2 heterocycles. The van der Waals surface area contributed by atoms with E-state index in [2.05, 4.69) is 15.3 Å². The zero-order valence-corrected chi connectivity index (χ0v) is 13.3. The van der Waals surface area contributed by atoms with Crippen LogP contribution in [0.4, 0.5) is 5.69 Å². The summed E-state index contributed by atoms with van der Waals surface area (Å²) in [5, 5.41) is 3.84. The molecule has 20 heavy (non-hydrogen) atoms. The third-order valence-electron chi connectivity index (χ3n) is 2.32. The van der Waals surface area contributed by atoms with Gasteiger partial charge in [0.05, 0.1) is 29.9 Å². The number of carbonyl (C=O) groups is 1. The quantitative estimate of drug-likeness (QED) is 0.897. The normalized spacial score (nSPS) is 9.25. The van der Waals surface area contributed by atoms with Crippen molar-refractivity contribution in [2.24, 2.45) is 0 Å². The van der Waals surface area contributed by atoms with Crippen molar-refractivity contribution >= 4 is 47.7 Å². The summed E-state index contributed by atoms with van der Waals surface area (Å²) in [5.41, 5.74) is 6.83. The van der Waals surface area contributed by atoms with Crippen molar-refractivity contribution in [3.05, 3.63) is 40.1 Å². The lowest BCUT2D eigenvalue weighted by Crippen LogP contribution is -2.24. The number of pyridine rings is 1. The summed E-state index contributed by atoms with van der Waals surface area (Å²) in [6.45, 7) is 2.45. The molecule has 0 saturated heterocycles. The molecule has 0 aliphatic carbocycles. The van der Waals surface area contributed by atoms with Crippen molar-refractivity contribution in [2.75, 3.05) is 5.73 Å². The van der Waals surface area contributed by atoms with Crippen molar-refractivity contribution in [2.45, 2.75) is 19.9 Å². The maximum absolute atomic E-state index is 11.7. The van der Waals surface area contributed by atoms with Crippen LogP contribution in [-0.2, 0) is 17.8 Å². The summed E-state index contributed by atoms with van der Waals surface area (Å²) in [5.74, 6) is -0.0571. The van der Waals surface area contributed by atoms with Gasteiger partial charge in [-0.15, -0.1) is 36.2 Å². The second kappa shape index (κ2) is 8.73.